The van der Waals surface area contributed by atoms with Crippen LogP contribution in [0.1, 0.15) is 22.3 Å². The van der Waals surface area contributed by atoms with Crippen molar-refractivity contribution in [1.29, 1.82) is 0 Å². The fraction of sp³-hybridized carbons (Fsp3) is 0.314. The number of hydrogen-bond donors (Lipinski definition) is 2. The second kappa shape index (κ2) is 15.7. The Hall–Kier alpha value is -3.40. The first-order chi connectivity index (χ1) is 20.7. The Morgan fingerprint density at radius 3 is 1.36 bits per heavy atom. The average molecular weight is 571 g/mol. The van der Waals surface area contributed by atoms with Gasteiger partial charge in [0.1, 0.15) is 30.5 Å². The first kappa shape index (κ1) is 30.1. The Balaban J connectivity index is 1.36. The second-order valence-electron chi connectivity index (χ2n) is 10.3. The van der Waals surface area contributed by atoms with Gasteiger partial charge in [-0.2, -0.15) is 0 Å². The van der Waals surface area contributed by atoms with Crippen LogP contribution in [0.3, 0.4) is 0 Å². The van der Waals surface area contributed by atoms with E-state index in [1.807, 2.05) is 121 Å². The summed E-state index contributed by atoms with van der Waals surface area (Å²) in [5.74, 6) is 0. The molecule has 5 rings (SSSR count). The van der Waals surface area contributed by atoms with E-state index in [-0.39, 0.29) is 26.4 Å². The van der Waals surface area contributed by atoms with E-state index in [0.717, 1.165) is 22.3 Å². The third kappa shape index (κ3) is 8.56. The Kier molecular flexibility index (Phi) is 11.3. The van der Waals surface area contributed by atoms with Crippen molar-refractivity contribution in [2.75, 3.05) is 6.61 Å². The van der Waals surface area contributed by atoms with Crippen LogP contribution in [0.4, 0.5) is 0 Å². The summed E-state index contributed by atoms with van der Waals surface area (Å²) in [5.41, 5.74) is 3.86. The average Bonchev–Trinajstić information content (AvgIpc) is 3.04. The highest BCUT2D eigenvalue weighted by Crippen LogP contribution is 2.31. The van der Waals surface area contributed by atoms with Crippen LogP contribution in [0, 0.1) is 0 Å². The molecule has 0 radical (unpaired) electrons. The molecule has 1 aliphatic rings. The summed E-state index contributed by atoms with van der Waals surface area (Å²) >= 11 is 0. The minimum Gasteiger partial charge on any atom is -0.388 e. The maximum atomic E-state index is 11.3. The van der Waals surface area contributed by atoms with Crippen LogP contribution >= 0.6 is 0 Å². The molecule has 1 unspecified atom stereocenters. The molecule has 6 atom stereocenters. The standard InChI is InChI=1S/C35H38O7/c36-30(25-38-21-26-13-5-1-6-14-26)31-32(39-22-27-15-7-2-8-16-27)33(40-23-28-17-9-3-10-18-28)34(35(37)42-31)41-24-29-19-11-4-12-20-29/h1-20,30-37H,21-25H2/t30?,31-,32+,33+,34+,35+/m0/s1. The van der Waals surface area contributed by atoms with Gasteiger partial charge in [-0.05, 0) is 22.3 Å². The normalized spacial score (nSPS) is 23.0. The summed E-state index contributed by atoms with van der Waals surface area (Å²) < 4.78 is 31.0. The van der Waals surface area contributed by atoms with Gasteiger partial charge in [-0.15, -0.1) is 0 Å². The van der Waals surface area contributed by atoms with Crippen molar-refractivity contribution in [2.45, 2.75) is 63.2 Å². The lowest BCUT2D eigenvalue weighted by Crippen LogP contribution is -2.63. The molecule has 0 saturated carbocycles. The lowest BCUT2D eigenvalue weighted by molar-refractivity contribution is -0.325. The highest BCUT2D eigenvalue weighted by Gasteiger charge is 2.50. The molecule has 1 saturated heterocycles. The van der Waals surface area contributed by atoms with Crippen molar-refractivity contribution in [2.24, 2.45) is 0 Å². The molecule has 4 aromatic carbocycles. The van der Waals surface area contributed by atoms with E-state index in [2.05, 4.69) is 0 Å². The quantitative estimate of drug-likeness (QED) is 0.220. The van der Waals surface area contributed by atoms with Gasteiger partial charge in [-0.25, -0.2) is 0 Å². The fourth-order valence-electron chi connectivity index (χ4n) is 4.98. The van der Waals surface area contributed by atoms with Crippen LogP contribution in [0.25, 0.3) is 0 Å². The highest BCUT2D eigenvalue weighted by atomic mass is 16.7. The molecule has 7 nitrogen and oxygen atoms in total. The molecule has 7 heteroatoms. The zero-order valence-corrected chi connectivity index (χ0v) is 23.5. The highest BCUT2D eigenvalue weighted by molar-refractivity contribution is 5.16. The van der Waals surface area contributed by atoms with Crippen molar-refractivity contribution in [1.82, 2.24) is 0 Å². The molecule has 1 aliphatic heterocycles. The Morgan fingerprint density at radius 2 is 0.905 bits per heavy atom. The van der Waals surface area contributed by atoms with Gasteiger partial charge >= 0.3 is 0 Å². The molecule has 0 spiro atoms. The van der Waals surface area contributed by atoms with Crippen molar-refractivity contribution < 1.29 is 33.9 Å². The molecule has 0 amide bonds. The van der Waals surface area contributed by atoms with Gasteiger partial charge in [-0.3, -0.25) is 0 Å². The van der Waals surface area contributed by atoms with Crippen LogP contribution < -0.4 is 0 Å². The molecule has 1 fully saturated rings. The predicted molar refractivity (Wildman–Crippen MR) is 158 cm³/mol. The van der Waals surface area contributed by atoms with E-state index in [1.165, 1.54) is 0 Å². The SMILES string of the molecule is OC(COCc1ccccc1)[C@@H]1O[C@@H](O)[C@H](OCc2ccccc2)[C@H](OCc2ccccc2)[C@@H]1OCc1ccccc1. The second-order valence-corrected chi connectivity index (χ2v) is 10.3. The van der Waals surface area contributed by atoms with Crippen LogP contribution in [0.2, 0.25) is 0 Å². The topological polar surface area (TPSA) is 86.6 Å². The number of aliphatic hydroxyl groups excluding tert-OH is 2. The Labute approximate surface area is 247 Å². The predicted octanol–water partition coefficient (Wildman–Crippen LogP) is 5.04. The fourth-order valence-corrected chi connectivity index (χ4v) is 4.98. The maximum Gasteiger partial charge on any atom is 0.184 e. The molecular weight excluding hydrogens is 532 g/mol. The van der Waals surface area contributed by atoms with E-state index in [0.29, 0.717) is 6.61 Å². The summed E-state index contributed by atoms with van der Waals surface area (Å²) in [6, 6.07) is 39.0. The van der Waals surface area contributed by atoms with Gasteiger partial charge in [0.25, 0.3) is 0 Å². The van der Waals surface area contributed by atoms with Gasteiger partial charge in [0.05, 0.1) is 33.0 Å². The largest absolute Gasteiger partial charge is 0.388 e. The maximum absolute atomic E-state index is 11.3. The van der Waals surface area contributed by atoms with Crippen molar-refractivity contribution >= 4 is 0 Å². The van der Waals surface area contributed by atoms with Crippen molar-refractivity contribution in [3.8, 4) is 0 Å². The lowest BCUT2D eigenvalue weighted by Gasteiger charge is -2.45. The summed E-state index contributed by atoms with van der Waals surface area (Å²) in [4.78, 5) is 0. The number of benzene rings is 4. The van der Waals surface area contributed by atoms with Gasteiger partial charge in [0.15, 0.2) is 6.29 Å². The molecule has 2 N–H and O–H groups in total. The zero-order chi connectivity index (χ0) is 29.0. The van der Waals surface area contributed by atoms with Crippen LogP contribution in [-0.2, 0) is 50.1 Å². The van der Waals surface area contributed by atoms with Crippen LogP contribution in [0.5, 0.6) is 0 Å². The van der Waals surface area contributed by atoms with Gasteiger partial charge < -0.3 is 33.9 Å². The van der Waals surface area contributed by atoms with Gasteiger partial charge in [0, 0.05) is 0 Å². The van der Waals surface area contributed by atoms with Crippen LogP contribution in [-0.4, -0.2) is 53.6 Å². The van der Waals surface area contributed by atoms with E-state index in [4.69, 9.17) is 23.7 Å². The Morgan fingerprint density at radius 1 is 0.524 bits per heavy atom. The number of rotatable bonds is 14. The number of hydrogen-bond acceptors (Lipinski definition) is 7. The van der Waals surface area contributed by atoms with E-state index in [9.17, 15) is 10.2 Å². The molecule has 0 aromatic heterocycles. The number of aliphatic hydroxyl groups is 2. The minimum absolute atomic E-state index is 0.0155. The molecular formula is C35H38O7. The molecule has 42 heavy (non-hydrogen) atoms. The van der Waals surface area contributed by atoms with E-state index in [1.54, 1.807) is 0 Å². The summed E-state index contributed by atoms with van der Waals surface area (Å²) in [6.07, 6.45) is -5.79. The molecule has 0 aliphatic carbocycles. The van der Waals surface area contributed by atoms with Gasteiger partial charge in [-0.1, -0.05) is 121 Å². The lowest BCUT2D eigenvalue weighted by atomic mass is 9.94. The smallest absolute Gasteiger partial charge is 0.184 e. The molecule has 1 heterocycles. The van der Waals surface area contributed by atoms with E-state index >= 15 is 0 Å². The van der Waals surface area contributed by atoms with Crippen molar-refractivity contribution in [3.63, 3.8) is 0 Å². The molecule has 4 aromatic rings. The monoisotopic (exact) mass is 570 g/mol. The summed E-state index contributed by atoms with van der Waals surface area (Å²) in [7, 11) is 0. The minimum atomic E-state index is -1.36. The third-order valence-corrected chi connectivity index (χ3v) is 7.18. The zero-order valence-electron chi connectivity index (χ0n) is 23.5. The first-order valence-corrected chi connectivity index (χ1v) is 14.3. The van der Waals surface area contributed by atoms with Crippen LogP contribution in [0.15, 0.2) is 121 Å². The number of ether oxygens (including phenoxy) is 5. The van der Waals surface area contributed by atoms with E-state index < -0.39 is 36.8 Å². The Bertz CT molecular complexity index is 1290. The molecule has 0 bridgehead atoms. The third-order valence-electron chi connectivity index (χ3n) is 7.18. The first-order valence-electron chi connectivity index (χ1n) is 14.3. The summed E-state index contributed by atoms with van der Waals surface area (Å²) in [5, 5.41) is 22.5. The van der Waals surface area contributed by atoms with Gasteiger partial charge in [0.2, 0.25) is 0 Å². The van der Waals surface area contributed by atoms with Crippen molar-refractivity contribution in [3.05, 3.63) is 144 Å². The molecule has 220 valence electrons. The summed E-state index contributed by atoms with van der Waals surface area (Å²) in [6.45, 7) is 1.09.